The predicted molar refractivity (Wildman–Crippen MR) is 95.9 cm³/mol. The molecule has 0 saturated heterocycles. The highest BCUT2D eigenvalue weighted by molar-refractivity contribution is 5.93. The zero-order chi connectivity index (χ0) is 17.8. The van der Waals surface area contributed by atoms with Crippen LogP contribution in [-0.4, -0.2) is 27.1 Å². The SMILES string of the molecule is CCOc1ccc2nc(C(=O)N[C@H](C)c3ccc(CC)cc3)cn2n1. The molecule has 0 aliphatic rings. The third kappa shape index (κ3) is 3.79. The number of carbonyl (C=O) groups is 1. The van der Waals surface area contributed by atoms with Crippen molar-refractivity contribution in [3.8, 4) is 5.88 Å². The van der Waals surface area contributed by atoms with E-state index in [-0.39, 0.29) is 11.9 Å². The number of benzene rings is 1. The summed E-state index contributed by atoms with van der Waals surface area (Å²) in [6.45, 7) is 6.51. The van der Waals surface area contributed by atoms with Crippen molar-refractivity contribution in [2.45, 2.75) is 33.2 Å². The van der Waals surface area contributed by atoms with Gasteiger partial charge in [-0.3, -0.25) is 4.79 Å². The molecule has 0 spiro atoms. The monoisotopic (exact) mass is 338 g/mol. The molecular weight excluding hydrogens is 316 g/mol. The predicted octanol–water partition coefficient (Wildman–Crippen LogP) is 3.18. The van der Waals surface area contributed by atoms with E-state index in [1.807, 2.05) is 26.0 Å². The van der Waals surface area contributed by atoms with Gasteiger partial charge in [0, 0.05) is 6.07 Å². The number of carbonyl (C=O) groups excluding carboxylic acids is 1. The molecule has 0 aliphatic carbocycles. The van der Waals surface area contributed by atoms with Crippen molar-refractivity contribution >= 4 is 11.6 Å². The third-order valence-corrected chi connectivity index (χ3v) is 4.06. The maximum atomic E-state index is 12.5. The van der Waals surface area contributed by atoms with Crippen LogP contribution in [0.4, 0.5) is 0 Å². The average molecular weight is 338 g/mol. The maximum Gasteiger partial charge on any atom is 0.272 e. The molecule has 0 fully saturated rings. The van der Waals surface area contributed by atoms with Crippen LogP contribution >= 0.6 is 0 Å². The van der Waals surface area contributed by atoms with Crippen LogP contribution in [0.2, 0.25) is 0 Å². The maximum absolute atomic E-state index is 12.5. The van der Waals surface area contributed by atoms with E-state index in [4.69, 9.17) is 4.74 Å². The summed E-state index contributed by atoms with van der Waals surface area (Å²) in [5, 5.41) is 7.25. The van der Waals surface area contributed by atoms with Crippen LogP contribution < -0.4 is 10.1 Å². The fourth-order valence-corrected chi connectivity index (χ4v) is 2.59. The minimum atomic E-state index is -0.226. The molecule has 6 heteroatoms. The Labute approximate surface area is 146 Å². The lowest BCUT2D eigenvalue weighted by atomic mass is 10.0. The highest BCUT2D eigenvalue weighted by Gasteiger charge is 2.15. The van der Waals surface area contributed by atoms with Crippen molar-refractivity contribution in [3.63, 3.8) is 0 Å². The summed E-state index contributed by atoms with van der Waals surface area (Å²) in [6.07, 6.45) is 2.61. The molecule has 1 amide bonds. The number of rotatable bonds is 6. The second kappa shape index (κ2) is 7.34. The second-order valence-corrected chi connectivity index (χ2v) is 5.82. The molecule has 0 saturated carbocycles. The van der Waals surface area contributed by atoms with Crippen LogP contribution in [0.1, 0.15) is 48.4 Å². The molecule has 1 aromatic carbocycles. The van der Waals surface area contributed by atoms with Gasteiger partial charge in [-0.2, -0.15) is 0 Å². The van der Waals surface area contributed by atoms with Gasteiger partial charge in [-0.15, -0.1) is 5.10 Å². The zero-order valence-corrected chi connectivity index (χ0v) is 14.7. The number of ether oxygens (including phenoxy) is 1. The molecule has 2 heterocycles. The van der Waals surface area contributed by atoms with Gasteiger partial charge in [0.15, 0.2) is 5.65 Å². The summed E-state index contributed by atoms with van der Waals surface area (Å²) < 4.78 is 6.92. The van der Waals surface area contributed by atoms with E-state index >= 15 is 0 Å². The Bertz CT molecular complexity index is 871. The van der Waals surface area contributed by atoms with Gasteiger partial charge in [-0.25, -0.2) is 9.50 Å². The molecule has 25 heavy (non-hydrogen) atoms. The summed E-state index contributed by atoms with van der Waals surface area (Å²) in [5.41, 5.74) is 3.27. The number of amides is 1. The minimum Gasteiger partial charge on any atom is -0.477 e. The first-order valence-electron chi connectivity index (χ1n) is 8.49. The average Bonchev–Trinajstić information content (AvgIpc) is 3.05. The summed E-state index contributed by atoms with van der Waals surface area (Å²) in [6, 6.07) is 11.7. The van der Waals surface area contributed by atoms with Crippen molar-refractivity contribution in [1.82, 2.24) is 19.9 Å². The lowest BCUT2D eigenvalue weighted by Crippen LogP contribution is -2.26. The highest BCUT2D eigenvalue weighted by Crippen LogP contribution is 2.15. The smallest absolute Gasteiger partial charge is 0.272 e. The standard InChI is InChI=1S/C19H22N4O2/c1-4-14-6-8-15(9-7-14)13(3)20-19(24)16-12-23-17(21-16)10-11-18(22-23)25-5-2/h6-13H,4-5H2,1-3H3,(H,20,24)/t13-/m1/s1. The van der Waals surface area contributed by atoms with Gasteiger partial charge in [-0.1, -0.05) is 31.2 Å². The quantitative estimate of drug-likeness (QED) is 0.749. The Hall–Kier alpha value is -2.89. The molecule has 3 rings (SSSR count). The van der Waals surface area contributed by atoms with Crippen molar-refractivity contribution in [3.05, 3.63) is 59.4 Å². The van der Waals surface area contributed by atoms with Gasteiger partial charge in [0.2, 0.25) is 5.88 Å². The van der Waals surface area contributed by atoms with Gasteiger partial charge < -0.3 is 10.1 Å². The first kappa shape index (κ1) is 17.0. The number of fused-ring (bicyclic) bond motifs is 1. The van der Waals surface area contributed by atoms with Crippen LogP contribution in [0.15, 0.2) is 42.6 Å². The van der Waals surface area contributed by atoms with E-state index in [9.17, 15) is 4.79 Å². The van der Waals surface area contributed by atoms with Crippen LogP contribution in [0.3, 0.4) is 0 Å². The molecule has 2 aromatic heterocycles. The fourth-order valence-electron chi connectivity index (χ4n) is 2.59. The van der Waals surface area contributed by atoms with Crippen molar-refractivity contribution in [1.29, 1.82) is 0 Å². The van der Waals surface area contributed by atoms with E-state index in [1.54, 1.807) is 22.8 Å². The number of hydrogen-bond acceptors (Lipinski definition) is 4. The Morgan fingerprint density at radius 1 is 1.20 bits per heavy atom. The van der Waals surface area contributed by atoms with Gasteiger partial charge >= 0.3 is 0 Å². The molecule has 0 radical (unpaired) electrons. The molecule has 6 nitrogen and oxygen atoms in total. The molecular formula is C19H22N4O2. The van der Waals surface area contributed by atoms with Crippen molar-refractivity contribution in [2.24, 2.45) is 0 Å². The van der Waals surface area contributed by atoms with Gasteiger partial charge in [0.05, 0.1) is 18.8 Å². The summed E-state index contributed by atoms with van der Waals surface area (Å²) >= 11 is 0. The van der Waals surface area contributed by atoms with Crippen molar-refractivity contribution < 1.29 is 9.53 Å². The number of aryl methyl sites for hydroxylation is 1. The topological polar surface area (TPSA) is 68.5 Å². The first-order valence-corrected chi connectivity index (χ1v) is 8.49. The van der Waals surface area contributed by atoms with Gasteiger partial charge in [0.1, 0.15) is 5.69 Å². The van der Waals surface area contributed by atoms with E-state index in [0.29, 0.717) is 23.8 Å². The fraction of sp³-hybridized carbons (Fsp3) is 0.316. The number of hydrogen-bond donors (Lipinski definition) is 1. The lowest BCUT2D eigenvalue weighted by Gasteiger charge is -2.13. The van der Waals surface area contributed by atoms with Crippen molar-refractivity contribution in [2.75, 3.05) is 6.61 Å². The van der Waals surface area contributed by atoms with Gasteiger partial charge in [0.25, 0.3) is 5.91 Å². The van der Waals surface area contributed by atoms with Crippen LogP contribution in [0, 0.1) is 0 Å². The second-order valence-electron chi connectivity index (χ2n) is 5.82. The highest BCUT2D eigenvalue weighted by atomic mass is 16.5. The van der Waals surface area contributed by atoms with Crippen LogP contribution in [0.5, 0.6) is 5.88 Å². The first-order chi connectivity index (χ1) is 12.1. The summed E-state index contributed by atoms with van der Waals surface area (Å²) in [7, 11) is 0. The van der Waals surface area contributed by atoms with E-state index in [0.717, 1.165) is 12.0 Å². The molecule has 130 valence electrons. The molecule has 1 atom stereocenters. The van der Waals surface area contributed by atoms with E-state index < -0.39 is 0 Å². The molecule has 0 bridgehead atoms. The number of nitrogens with one attached hydrogen (secondary N) is 1. The third-order valence-electron chi connectivity index (χ3n) is 4.06. The number of nitrogens with zero attached hydrogens (tertiary/aromatic N) is 3. The Morgan fingerprint density at radius 2 is 1.96 bits per heavy atom. The minimum absolute atomic E-state index is 0.102. The molecule has 0 unspecified atom stereocenters. The van der Waals surface area contributed by atoms with Crippen LogP contribution in [0.25, 0.3) is 5.65 Å². The van der Waals surface area contributed by atoms with E-state index in [2.05, 4.69) is 34.5 Å². The Morgan fingerprint density at radius 3 is 2.64 bits per heavy atom. The largest absolute Gasteiger partial charge is 0.477 e. The molecule has 1 N–H and O–H groups in total. The number of aromatic nitrogens is 3. The normalized spacial score (nSPS) is 12.1. The van der Waals surface area contributed by atoms with E-state index in [1.165, 1.54) is 5.56 Å². The van der Waals surface area contributed by atoms with Crippen LogP contribution in [-0.2, 0) is 6.42 Å². The summed E-state index contributed by atoms with van der Waals surface area (Å²) in [4.78, 5) is 16.8. The molecule has 3 aromatic rings. The Kier molecular flexibility index (Phi) is 4.97. The zero-order valence-electron chi connectivity index (χ0n) is 14.7. The Balaban J connectivity index is 1.74. The summed E-state index contributed by atoms with van der Waals surface area (Å²) in [5.74, 6) is 0.277. The van der Waals surface area contributed by atoms with Gasteiger partial charge in [-0.05, 0) is 37.5 Å². The number of imidazole rings is 1. The lowest BCUT2D eigenvalue weighted by molar-refractivity contribution is 0.0935. The molecule has 0 aliphatic heterocycles.